The summed E-state index contributed by atoms with van der Waals surface area (Å²) < 4.78 is 16.1. The van der Waals surface area contributed by atoms with Crippen molar-refractivity contribution in [2.24, 2.45) is 0 Å². The highest BCUT2D eigenvalue weighted by molar-refractivity contribution is 5.98. The highest BCUT2D eigenvalue weighted by Crippen LogP contribution is 2.29. The number of ether oxygens (including phenoxy) is 3. The molecule has 16 nitrogen and oxygen atoms in total. The van der Waals surface area contributed by atoms with Crippen molar-refractivity contribution in [3.05, 3.63) is 89.5 Å². The smallest absolute Gasteiger partial charge is 0.247 e. The average molecular weight is 803 g/mol. The monoisotopic (exact) mass is 802 g/mol. The Bertz CT molecular complexity index is 1930. The number of nitrogens with one attached hydrogen (secondary N) is 3. The van der Waals surface area contributed by atoms with E-state index < -0.39 is 78.3 Å². The van der Waals surface area contributed by atoms with E-state index in [0.29, 0.717) is 28.4 Å². The lowest BCUT2D eigenvalue weighted by atomic mass is 9.99. The molecule has 6 atom stereocenters. The number of aliphatic hydroxyl groups is 1. The van der Waals surface area contributed by atoms with Gasteiger partial charge in [0.25, 0.3) is 0 Å². The maximum Gasteiger partial charge on any atom is 0.247 e. The molecule has 4 rings (SSSR count). The van der Waals surface area contributed by atoms with Gasteiger partial charge in [0, 0.05) is 40.4 Å². The van der Waals surface area contributed by atoms with Crippen molar-refractivity contribution >= 4 is 35.4 Å². The number of carbonyl (C=O) groups is 6. The van der Waals surface area contributed by atoms with Gasteiger partial charge in [-0.3, -0.25) is 28.8 Å². The van der Waals surface area contributed by atoms with Crippen molar-refractivity contribution in [2.45, 2.75) is 69.4 Å². The number of carbonyl (C=O) groups excluding carboxylic acids is 6. The van der Waals surface area contributed by atoms with E-state index in [0.717, 1.165) is 10.5 Å². The molecule has 1 fully saturated rings. The highest BCUT2D eigenvalue weighted by atomic mass is 16.5. The molecule has 4 N–H and O–H groups in total. The third kappa shape index (κ3) is 10.8. The normalized spacial score (nSPS) is 23.0. The van der Waals surface area contributed by atoms with Crippen LogP contribution < -0.4 is 30.2 Å². The largest absolute Gasteiger partial charge is 0.497 e. The summed E-state index contributed by atoms with van der Waals surface area (Å²) in [6.07, 6.45) is 0.0220. The number of aliphatic hydroxyl groups excluding tert-OH is 1. The van der Waals surface area contributed by atoms with E-state index in [1.165, 1.54) is 66.1 Å². The van der Waals surface area contributed by atoms with Crippen LogP contribution in [0.1, 0.15) is 30.5 Å². The first-order chi connectivity index (χ1) is 27.6. The fourth-order valence-corrected chi connectivity index (χ4v) is 6.73. The van der Waals surface area contributed by atoms with Gasteiger partial charge in [-0.2, -0.15) is 0 Å². The number of methoxy groups -OCH3 is 3. The number of nitrogens with zero attached hydrogens (tertiary/aromatic N) is 3. The van der Waals surface area contributed by atoms with Gasteiger partial charge in [0.2, 0.25) is 35.4 Å². The number of amides is 6. The van der Waals surface area contributed by atoms with E-state index in [9.17, 15) is 33.9 Å². The molecule has 1 aliphatic heterocycles. The lowest BCUT2D eigenvalue weighted by molar-refractivity contribution is -0.149. The highest BCUT2D eigenvalue weighted by Gasteiger charge is 2.39. The Kier molecular flexibility index (Phi) is 15.6. The average Bonchev–Trinajstić information content (AvgIpc) is 3.23. The van der Waals surface area contributed by atoms with Crippen LogP contribution in [0.3, 0.4) is 0 Å². The molecule has 1 unspecified atom stereocenters. The fourth-order valence-electron chi connectivity index (χ4n) is 6.73. The topological polar surface area (TPSA) is 196 Å². The van der Waals surface area contributed by atoms with Gasteiger partial charge in [0.05, 0.1) is 27.9 Å². The van der Waals surface area contributed by atoms with Crippen LogP contribution in [0.5, 0.6) is 17.2 Å². The predicted molar refractivity (Wildman–Crippen MR) is 214 cm³/mol. The zero-order chi connectivity index (χ0) is 42.7. The summed E-state index contributed by atoms with van der Waals surface area (Å²) in [6, 6.07) is 13.4. The first kappa shape index (κ1) is 44.6. The zero-order valence-corrected chi connectivity index (χ0v) is 34.2. The summed E-state index contributed by atoms with van der Waals surface area (Å²) in [6.45, 7) is 2.05. The summed E-state index contributed by atoms with van der Waals surface area (Å²) in [7, 11) is 8.72. The van der Waals surface area contributed by atoms with Gasteiger partial charge in [-0.15, -0.1) is 0 Å². The van der Waals surface area contributed by atoms with Crippen LogP contribution in [0.15, 0.2) is 72.8 Å². The Morgan fingerprint density at radius 1 is 0.534 bits per heavy atom. The van der Waals surface area contributed by atoms with Crippen LogP contribution >= 0.6 is 0 Å². The molecule has 0 aromatic heterocycles. The molecule has 0 spiro atoms. The number of rotatable bonds is 10. The molecule has 6 amide bonds. The maximum atomic E-state index is 14.7. The molecular weight excluding hydrogens is 748 g/mol. The second kappa shape index (κ2) is 20.3. The SMILES string of the molecule is COc1ccc(CC2C(=O)N[C@@H](C)C(=O)N(C)[C@@H](Cc3ccccc3)C(=O)N(C)[C@@H](Cc3ccc(OC)c(OC)c3)C(=O)N[C@H](C)C(=O)N[C@@H](CO)C(=O)N2C)cc1. The molecule has 0 saturated carbocycles. The molecule has 3 aromatic rings. The third-order valence-corrected chi connectivity index (χ3v) is 10.4. The molecule has 312 valence electrons. The van der Waals surface area contributed by atoms with Gasteiger partial charge in [-0.05, 0) is 54.8 Å². The van der Waals surface area contributed by atoms with E-state index in [1.807, 2.05) is 18.2 Å². The van der Waals surface area contributed by atoms with Crippen LogP contribution in [-0.2, 0) is 48.0 Å². The van der Waals surface area contributed by atoms with Gasteiger partial charge in [-0.1, -0.05) is 48.5 Å². The summed E-state index contributed by atoms with van der Waals surface area (Å²) in [5.74, 6) is -2.76. The van der Waals surface area contributed by atoms with Crippen molar-refractivity contribution in [2.75, 3.05) is 49.1 Å². The fraction of sp³-hybridized carbons (Fsp3) is 0.429. The van der Waals surface area contributed by atoms with Crippen molar-refractivity contribution in [3.8, 4) is 17.2 Å². The van der Waals surface area contributed by atoms with Gasteiger partial charge < -0.3 is 50.0 Å². The first-order valence-electron chi connectivity index (χ1n) is 18.8. The van der Waals surface area contributed by atoms with Crippen molar-refractivity contribution in [3.63, 3.8) is 0 Å². The summed E-state index contributed by atoms with van der Waals surface area (Å²) in [5.41, 5.74) is 1.98. The van der Waals surface area contributed by atoms with Crippen molar-refractivity contribution in [1.82, 2.24) is 30.7 Å². The van der Waals surface area contributed by atoms with E-state index >= 15 is 0 Å². The number of benzene rings is 3. The number of hydrogen-bond donors (Lipinski definition) is 4. The first-order valence-corrected chi connectivity index (χ1v) is 18.8. The molecule has 1 heterocycles. The van der Waals surface area contributed by atoms with E-state index in [4.69, 9.17) is 14.2 Å². The number of likely N-dealkylation sites (N-methyl/N-ethyl adjacent to an activating group) is 3. The molecule has 1 saturated heterocycles. The van der Waals surface area contributed by atoms with Gasteiger partial charge in [0.15, 0.2) is 11.5 Å². The molecule has 0 bridgehead atoms. The molecule has 0 radical (unpaired) electrons. The van der Waals surface area contributed by atoms with E-state index in [2.05, 4.69) is 16.0 Å². The molecule has 3 aromatic carbocycles. The minimum absolute atomic E-state index is 0.00521. The summed E-state index contributed by atoms with van der Waals surface area (Å²) in [5, 5.41) is 18.2. The maximum absolute atomic E-state index is 14.7. The third-order valence-electron chi connectivity index (χ3n) is 10.4. The van der Waals surface area contributed by atoms with Gasteiger partial charge in [-0.25, -0.2) is 0 Å². The minimum atomic E-state index is -1.50. The quantitative estimate of drug-likeness (QED) is 0.227. The summed E-state index contributed by atoms with van der Waals surface area (Å²) >= 11 is 0. The van der Waals surface area contributed by atoms with E-state index in [-0.39, 0.29) is 19.3 Å². The Balaban J connectivity index is 1.80. The molecule has 16 heteroatoms. The van der Waals surface area contributed by atoms with E-state index in [1.54, 1.807) is 54.6 Å². The zero-order valence-electron chi connectivity index (χ0n) is 34.2. The Morgan fingerprint density at radius 2 is 1.03 bits per heavy atom. The van der Waals surface area contributed by atoms with Crippen molar-refractivity contribution < 1.29 is 48.1 Å². The Hall–Kier alpha value is -6.16. The lowest BCUT2D eigenvalue weighted by Gasteiger charge is -2.36. The van der Waals surface area contributed by atoms with Crippen LogP contribution in [0.2, 0.25) is 0 Å². The molecule has 0 aliphatic carbocycles. The van der Waals surface area contributed by atoms with Gasteiger partial charge >= 0.3 is 0 Å². The second-order valence-corrected chi connectivity index (χ2v) is 14.2. The Morgan fingerprint density at radius 3 is 1.60 bits per heavy atom. The molecular formula is C42H54N6O10. The molecule has 1 aliphatic rings. The minimum Gasteiger partial charge on any atom is -0.497 e. The van der Waals surface area contributed by atoms with Crippen LogP contribution in [-0.4, -0.2) is 141 Å². The lowest BCUT2D eigenvalue weighted by Crippen LogP contribution is -2.62. The Labute approximate surface area is 338 Å². The molecule has 58 heavy (non-hydrogen) atoms. The van der Waals surface area contributed by atoms with Crippen LogP contribution in [0.4, 0.5) is 0 Å². The van der Waals surface area contributed by atoms with Crippen LogP contribution in [0, 0.1) is 0 Å². The second-order valence-electron chi connectivity index (χ2n) is 14.2. The van der Waals surface area contributed by atoms with Crippen LogP contribution in [0.25, 0.3) is 0 Å². The number of hydrogen-bond acceptors (Lipinski definition) is 10. The summed E-state index contributed by atoms with van der Waals surface area (Å²) in [4.78, 5) is 88.3. The van der Waals surface area contributed by atoms with Crippen molar-refractivity contribution in [1.29, 1.82) is 0 Å². The van der Waals surface area contributed by atoms with Gasteiger partial charge in [0.1, 0.15) is 42.0 Å². The predicted octanol–water partition coefficient (Wildman–Crippen LogP) is 0.721. The standard InChI is InChI=1S/C42H54N6O10/c1-25-37(50)45-31(24-49)41(54)46(3)32(20-28-14-17-30(56-6)18-15-28)39(52)44-26(2)40(53)48(5)34(21-27-12-10-9-11-13-27)42(55)47(4)33(38(51)43-25)22-29-16-19-35(57-7)36(23-29)58-8/h9-19,23,25-26,31-34,49H,20-22,24H2,1-8H3,(H,43,51)(H,44,52)(H,45,50)/t25-,26+,31+,32?,33+,34+/m1/s1.